The molecule has 1 N–H and O–H groups in total. The molecule has 31 heavy (non-hydrogen) atoms. The molecule has 3 aromatic carbocycles. The van der Waals surface area contributed by atoms with E-state index in [1.165, 1.54) is 7.11 Å². The Bertz CT molecular complexity index is 1030. The second-order valence-corrected chi connectivity index (χ2v) is 6.87. The fraction of sp³-hybridized carbons (Fsp3) is 0.160. The van der Waals surface area contributed by atoms with Gasteiger partial charge in [0.1, 0.15) is 0 Å². The molecule has 0 fully saturated rings. The number of carbonyl (C=O) groups is 3. The average Bonchev–Trinajstić information content (AvgIpc) is 2.82. The SMILES string of the molecule is COC(=O)c1ccc(CNC(=O)COC(=O)Cc2ccc(-c3ccccc3)cc2)cc1. The number of nitrogens with one attached hydrogen (secondary N) is 1. The van der Waals surface area contributed by atoms with Crippen LogP contribution in [0, 0.1) is 0 Å². The number of carbonyl (C=O) groups excluding carboxylic acids is 3. The number of amides is 1. The first-order valence-electron chi connectivity index (χ1n) is 9.79. The van der Waals surface area contributed by atoms with Crippen molar-refractivity contribution in [3.8, 4) is 11.1 Å². The van der Waals surface area contributed by atoms with E-state index >= 15 is 0 Å². The zero-order valence-electron chi connectivity index (χ0n) is 17.2. The largest absolute Gasteiger partial charge is 0.465 e. The Morgan fingerprint density at radius 2 is 1.39 bits per heavy atom. The third-order valence-corrected chi connectivity index (χ3v) is 4.64. The molecule has 0 bridgehead atoms. The summed E-state index contributed by atoms with van der Waals surface area (Å²) in [5.41, 5.74) is 4.23. The van der Waals surface area contributed by atoms with Gasteiger partial charge >= 0.3 is 11.9 Å². The normalized spacial score (nSPS) is 10.2. The van der Waals surface area contributed by atoms with E-state index < -0.39 is 17.8 Å². The molecule has 0 spiro atoms. The summed E-state index contributed by atoms with van der Waals surface area (Å²) in [6.45, 7) is -0.0834. The fourth-order valence-electron chi connectivity index (χ4n) is 2.94. The lowest BCUT2D eigenvalue weighted by Crippen LogP contribution is -2.28. The van der Waals surface area contributed by atoms with E-state index in [1.54, 1.807) is 24.3 Å². The molecule has 0 aliphatic rings. The number of rotatable bonds is 8. The molecule has 0 aliphatic heterocycles. The van der Waals surface area contributed by atoms with Crippen LogP contribution in [0.25, 0.3) is 11.1 Å². The molecular formula is C25H23NO5. The Kier molecular flexibility index (Phi) is 7.54. The Balaban J connectivity index is 1.41. The second-order valence-electron chi connectivity index (χ2n) is 6.87. The van der Waals surface area contributed by atoms with Crippen LogP contribution in [0.3, 0.4) is 0 Å². The number of methoxy groups -OCH3 is 1. The maximum Gasteiger partial charge on any atom is 0.337 e. The lowest BCUT2D eigenvalue weighted by atomic mass is 10.0. The lowest BCUT2D eigenvalue weighted by Gasteiger charge is -2.08. The van der Waals surface area contributed by atoms with Crippen molar-refractivity contribution < 1.29 is 23.9 Å². The number of hydrogen-bond donors (Lipinski definition) is 1. The zero-order valence-corrected chi connectivity index (χ0v) is 17.2. The molecule has 0 unspecified atom stereocenters. The predicted molar refractivity (Wildman–Crippen MR) is 116 cm³/mol. The summed E-state index contributed by atoms with van der Waals surface area (Å²) in [6, 6.07) is 24.3. The first kappa shape index (κ1) is 21.8. The van der Waals surface area contributed by atoms with E-state index in [1.807, 2.05) is 54.6 Å². The van der Waals surface area contributed by atoms with Gasteiger partial charge in [-0.15, -0.1) is 0 Å². The van der Waals surface area contributed by atoms with Crippen LogP contribution in [0.5, 0.6) is 0 Å². The third kappa shape index (κ3) is 6.54. The van der Waals surface area contributed by atoms with Gasteiger partial charge in [-0.1, -0.05) is 66.7 Å². The molecule has 6 nitrogen and oxygen atoms in total. The summed E-state index contributed by atoms with van der Waals surface area (Å²) in [7, 11) is 1.32. The van der Waals surface area contributed by atoms with E-state index in [0.29, 0.717) is 5.56 Å². The summed E-state index contributed by atoms with van der Waals surface area (Å²) >= 11 is 0. The monoisotopic (exact) mass is 417 g/mol. The number of hydrogen-bond acceptors (Lipinski definition) is 5. The van der Waals surface area contributed by atoms with E-state index in [0.717, 1.165) is 22.3 Å². The molecule has 1 amide bonds. The van der Waals surface area contributed by atoms with E-state index in [9.17, 15) is 14.4 Å². The zero-order chi connectivity index (χ0) is 22.1. The van der Waals surface area contributed by atoms with Crippen molar-refractivity contribution in [1.82, 2.24) is 5.32 Å². The fourth-order valence-corrected chi connectivity index (χ4v) is 2.94. The minimum atomic E-state index is -0.468. The molecule has 3 rings (SSSR count). The summed E-state index contributed by atoms with van der Waals surface area (Å²) in [4.78, 5) is 35.4. The third-order valence-electron chi connectivity index (χ3n) is 4.64. The van der Waals surface area contributed by atoms with Crippen LogP contribution in [0.15, 0.2) is 78.9 Å². The predicted octanol–water partition coefficient (Wildman–Crippen LogP) is 3.54. The number of ether oxygens (including phenoxy) is 2. The highest BCUT2D eigenvalue weighted by atomic mass is 16.5. The minimum absolute atomic E-state index is 0.0946. The van der Waals surface area contributed by atoms with Gasteiger partial charge in [0.25, 0.3) is 5.91 Å². The molecule has 158 valence electrons. The van der Waals surface area contributed by atoms with Crippen LogP contribution in [-0.4, -0.2) is 31.6 Å². The molecule has 0 saturated heterocycles. The van der Waals surface area contributed by atoms with Gasteiger partial charge in [0.15, 0.2) is 6.61 Å². The highest BCUT2D eigenvalue weighted by Crippen LogP contribution is 2.19. The van der Waals surface area contributed by atoms with E-state index in [2.05, 4.69) is 10.1 Å². The van der Waals surface area contributed by atoms with Crippen LogP contribution < -0.4 is 5.32 Å². The van der Waals surface area contributed by atoms with Gasteiger partial charge in [0.2, 0.25) is 0 Å². The second kappa shape index (κ2) is 10.7. The summed E-state index contributed by atoms with van der Waals surface area (Å²) < 4.78 is 9.70. The van der Waals surface area contributed by atoms with Crippen molar-refractivity contribution in [2.75, 3.05) is 13.7 Å². The minimum Gasteiger partial charge on any atom is -0.465 e. The molecular weight excluding hydrogens is 394 g/mol. The molecule has 0 heterocycles. The van der Waals surface area contributed by atoms with Gasteiger partial charge in [-0.3, -0.25) is 9.59 Å². The van der Waals surface area contributed by atoms with E-state index in [-0.39, 0.29) is 19.6 Å². The Hall–Kier alpha value is -3.93. The van der Waals surface area contributed by atoms with Crippen molar-refractivity contribution in [2.45, 2.75) is 13.0 Å². The van der Waals surface area contributed by atoms with Gasteiger partial charge in [-0.25, -0.2) is 4.79 Å². The summed E-state index contributed by atoms with van der Waals surface area (Å²) in [5.74, 6) is -1.29. The molecule has 0 radical (unpaired) electrons. The first-order chi connectivity index (χ1) is 15.0. The van der Waals surface area contributed by atoms with Gasteiger partial charge in [0, 0.05) is 6.54 Å². The van der Waals surface area contributed by atoms with Crippen molar-refractivity contribution in [3.63, 3.8) is 0 Å². The number of benzene rings is 3. The number of esters is 2. The molecule has 0 aliphatic carbocycles. The molecule has 3 aromatic rings. The maximum atomic E-state index is 12.0. The van der Waals surface area contributed by atoms with Crippen LogP contribution in [0.1, 0.15) is 21.5 Å². The summed E-state index contributed by atoms with van der Waals surface area (Å²) in [6.07, 6.45) is 0.0946. The van der Waals surface area contributed by atoms with Crippen molar-refractivity contribution >= 4 is 17.8 Å². The standard InChI is InChI=1S/C25H23NO5/c1-30-25(29)22-13-9-19(10-14-22)16-26-23(27)17-31-24(28)15-18-7-11-21(12-8-18)20-5-3-2-4-6-20/h2-14H,15-17H2,1H3,(H,26,27). The average molecular weight is 417 g/mol. The van der Waals surface area contributed by atoms with E-state index in [4.69, 9.17) is 4.74 Å². The van der Waals surface area contributed by atoms with Crippen LogP contribution in [-0.2, 0) is 32.0 Å². The Morgan fingerprint density at radius 3 is 2.03 bits per heavy atom. The van der Waals surface area contributed by atoms with Gasteiger partial charge in [-0.2, -0.15) is 0 Å². The molecule has 6 heteroatoms. The van der Waals surface area contributed by atoms with Gasteiger partial charge < -0.3 is 14.8 Å². The highest BCUT2D eigenvalue weighted by molar-refractivity contribution is 5.89. The van der Waals surface area contributed by atoms with Gasteiger partial charge in [-0.05, 0) is 34.4 Å². The maximum absolute atomic E-state index is 12.0. The lowest BCUT2D eigenvalue weighted by molar-refractivity contribution is -0.147. The Morgan fingerprint density at radius 1 is 0.774 bits per heavy atom. The van der Waals surface area contributed by atoms with Crippen molar-refractivity contribution in [1.29, 1.82) is 0 Å². The first-order valence-corrected chi connectivity index (χ1v) is 9.79. The quantitative estimate of drug-likeness (QED) is 0.567. The van der Waals surface area contributed by atoms with Crippen molar-refractivity contribution in [3.05, 3.63) is 95.6 Å². The Labute approximate surface area is 180 Å². The smallest absolute Gasteiger partial charge is 0.337 e. The highest BCUT2D eigenvalue weighted by Gasteiger charge is 2.10. The van der Waals surface area contributed by atoms with Crippen molar-refractivity contribution in [2.24, 2.45) is 0 Å². The molecule has 0 atom stereocenters. The van der Waals surface area contributed by atoms with Gasteiger partial charge in [0.05, 0.1) is 19.1 Å². The van der Waals surface area contributed by atoms with Crippen LogP contribution >= 0.6 is 0 Å². The van der Waals surface area contributed by atoms with Crippen LogP contribution in [0.4, 0.5) is 0 Å². The summed E-state index contributed by atoms with van der Waals surface area (Å²) in [5, 5.41) is 2.67. The van der Waals surface area contributed by atoms with Crippen LogP contribution in [0.2, 0.25) is 0 Å². The topological polar surface area (TPSA) is 81.7 Å². The molecule has 0 aromatic heterocycles. The molecule has 0 saturated carbocycles.